The molecule has 12 heteroatoms. The zero-order valence-electron chi connectivity index (χ0n) is 21.1. The van der Waals surface area contributed by atoms with Crippen LogP contribution >= 0.6 is 11.6 Å². The normalized spacial score (nSPS) is 16.5. The SMILES string of the molecule is CC1CCCN(c2cccc(S(=O)(=O)Nc3ccc(C(F)(F)F)c(-c4cc(Cl)ccc4OC(C)C)n3)n2)C1. The third-order valence-corrected chi connectivity index (χ3v) is 7.46. The van der Waals surface area contributed by atoms with Crippen molar-refractivity contribution in [3.63, 3.8) is 0 Å². The van der Waals surface area contributed by atoms with Crippen molar-refractivity contribution in [1.29, 1.82) is 0 Å². The van der Waals surface area contributed by atoms with Gasteiger partial charge in [-0.1, -0.05) is 24.6 Å². The Morgan fingerprint density at radius 1 is 1.13 bits per heavy atom. The topological polar surface area (TPSA) is 84.4 Å². The van der Waals surface area contributed by atoms with Crippen molar-refractivity contribution in [2.75, 3.05) is 22.7 Å². The van der Waals surface area contributed by atoms with Crippen LogP contribution < -0.4 is 14.4 Å². The van der Waals surface area contributed by atoms with Crippen LogP contribution in [0.15, 0.2) is 53.6 Å². The van der Waals surface area contributed by atoms with Gasteiger partial charge in [0.1, 0.15) is 17.4 Å². The Morgan fingerprint density at radius 3 is 2.58 bits per heavy atom. The van der Waals surface area contributed by atoms with Gasteiger partial charge in [0.15, 0.2) is 5.03 Å². The average Bonchev–Trinajstić information content (AvgIpc) is 2.84. The van der Waals surface area contributed by atoms with Crippen molar-refractivity contribution < 1.29 is 26.3 Å². The van der Waals surface area contributed by atoms with E-state index in [9.17, 15) is 21.6 Å². The Balaban J connectivity index is 1.73. The highest BCUT2D eigenvalue weighted by molar-refractivity contribution is 7.92. The van der Waals surface area contributed by atoms with Crippen molar-refractivity contribution in [3.05, 3.63) is 59.1 Å². The minimum absolute atomic E-state index is 0.0149. The summed E-state index contributed by atoms with van der Waals surface area (Å²) in [6, 6.07) is 10.6. The van der Waals surface area contributed by atoms with E-state index in [1.807, 2.05) is 4.90 Å². The van der Waals surface area contributed by atoms with Gasteiger partial charge in [-0.3, -0.25) is 4.72 Å². The lowest BCUT2D eigenvalue weighted by atomic mass is 10.0. The predicted octanol–water partition coefficient (Wildman–Crippen LogP) is 6.64. The fourth-order valence-electron chi connectivity index (χ4n) is 4.31. The fraction of sp³-hybridized carbons (Fsp3) is 0.385. The summed E-state index contributed by atoms with van der Waals surface area (Å²) in [5, 5.41) is -0.0897. The molecular weight excluding hydrogens is 541 g/mol. The van der Waals surface area contributed by atoms with Crippen LogP contribution in [0.2, 0.25) is 5.02 Å². The summed E-state index contributed by atoms with van der Waals surface area (Å²) < 4.78 is 76.2. The largest absolute Gasteiger partial charge is 0.490 e. The number of piperidine rings is 1. The predicted molar refractivity (Wildman–Crippen MR) is 141 cm³/mol. The molecule has 0 radical (unpaired) electrons. The summed E-state index contributed by atoms with van der Waals surface area (Å²) in [5.74, 6) is 0.805. The fourth-order valence-corrected chi connectivity index (χ4v) is 5.45. The minimum Gasteiger partial charge on any atom is -0.490 e. The number of anilines is 2. The number of halogens is 4. The maximum absolute atomic E-state index is 13.9. The van der Waals surface area contributed by atoms with Crippen molar-refractivity contribution in [2.24, 2.45) is 5.92 Å². The van der Waals surface area contributed by atoms with Crippen molar-refractivity contribution in [1.82, 2.24) is 9.97 Å². The van der Waals surface area contributed by atoms with Crippen LogP contribution in [0.4, 0.5) is 24.8 Å². The molecule has 3 aromatic rings. The molecule has 1 aromatic carbocycles. The molecule has 1 N–H and O–H groups in total. The summed E-state index contributed by atoms with van der Waals surface area (Å²) >= 11 is 6.10. The number of benzene rings is 1. The van der Waals surface area contributed by atoms with Crippen LogP contribution in [-0.4, -0.2) is 37.6 Å². The summed E-state index contributed by atoms with van der Waals surface area (Å²) in [6.45, 7) is 7.10. The Morgan fingerprint density at radius 2 is 1.89 bits per heavy atom. The van der Waals surface area contributed by atoms with Gasteiger partial charge in [0.25, 0.3) is 10.0 Å². The van der Waals surface area contributed by atoms with Crippen LogP contribution in [0.1, 0.15) is 39.2 Å². The molecule has 1 saturated heterocycles. The first-order valence-electron chi connectivity index (χ1n) is 12.1. The first-order valence-corrected chi connectivity index (χ1v) is 14.0. The zero-order valence-corrected chi connectivity index (χ0v) is 22.7. The summed E-state index contributed by atoms with van der Waals surface area (Å²) in [5.41, 5.74) is -1.59. The molecule has 0 spiro atoms. The second kappa shape index (κ2) is 11.0. The molecule has 38 heavy (non-hydrogen) atoms. The van der Waals surface area contributed by atoms with Gasteiger partial charge in [-0.2, -0.15) is 21.6 Å². The highest BCUT2D eigenvalue weighted by atomic mass is 35.5. The van der Waals surface area contributed by atoms with Gasteiger partial charge in [-0.15, -0.1) is 0 Å². The van der Waals surface area contributed by atoms with Crippen LogP contribution in [-0.2, 0) is 16.2 Å². The second-order valence-electron chi connectivity index (χ2n) is 9.53. The lowest BCUT2D eigenvalue weighted by Crippen LogP contribution is -2.35. The molecule has 1 aliphatic rings. The highest BCUT2D eigenvalue weighted by Crippen LogP contribution is 2.41. The number of hydrogen-bond donors (Lipinski definition) is 1. The molecule has 4 rings (SSSR count). The Bertz CT molecular complexity index is 1420. The van der Waals surface area contributed by atoms with Gasteiger partial charge in [-0.25, -0.2) is 9.97 Å². The zero-order chi connectivity index (χ0) is 27.7. The van der Waals surface area contributed by atoms with Crippen LogP contribution in [0.3, 0.4) is 0 Å². The lowest BCUT2D eigenvalue weighted by Gasteiger charge is -2.31. The third kappa shape index (κ3) is 6.50. The molecule has 1 unspecified atom stereocenters. The van der Waals surface area contributed by atoms with Gasteiger partial charge in [0.2, 0.25) is 0 Å². The molecule has 0 aliphatic carbocycles. The average molecular weight is 569 g/mol. The van der Waals surface area contributed by atoms with E-state index in [0.29, 0.717) is 11.7 Å². The maximum atomic E-state index is 13.9. The maximum Gasteiger partial charge on any atom is 0.418 e. The highest BCUT2D eigenvalue weighted by Gasteiger charge is 2.36. The molecule has 0 amide bonds. The minimum atomic E-state index is -4.77. The van der Waals surface area contributed by atoms with Crippen LogP contribution in [0.25, 0.3) is 11.3 Å². The Hall–Kier alpha value is -3.05. The van der Waals surface area contributed by atoms with Crippen molar-refractivity contribution in [3.8, 4) is 17.0 Å². The molecule has 1 aliphatic heterocycles. The Labute approximate surface area is 225 Å². The van der Waals surface area contributed by atoms with Gasteiger partial charge in [-0.05, 0) is 75.1 Å². The van der Waals surface area contributed by atoms with Gasteiger partial charge in [0.05, 0.1) is 17.4 Å². The smallest absolute Gasteiger partial charge is 0.418 e. The number of sulfonamides is 1. The number of ether oxygens (including phenoxy) is 1. The first-order chi connectivity index (χ1) is 17.8. The molecule has 1 atom stereocenters. The van der Waals surface area contributed by atoms with E-state index in [2.05, 4.69) is 21.6 Å². The van der Waals surface area contributed by atoms with E-state index in [4.69, 9.17) is 16.3 Å². The summed E-state index contributed by atoms with van der Waals surface area (Å²) in [4.78, 5) is 10.4. The number of nitrogens with one attached hydrogen (secondary N) is 1. The third-order valence-electron chi connectivity index (χ3n) is 5.96. The lowest BCUT2D eigenvalue weighted by molar-refractivity contribution is -0.137. The number of rotatable bonds is 7. The first kappa shape index (κ1) is 28.0. The number of aromatic nitrogens is 2. The standard InChI is InChI=1S/C26H28ClF3N4O3S/c1-16(2)37-21-11-9-18(27)14-19(21)25-20(26(28,29)30)10-12-22(31-25)33-38(35,36)24-8-4-7-23(32-24)34-13-5-6-17(3)15-34/h4,7-12,14,16-17H,5-6,13,15H2,1-3H3,(H,31,33). The molecular formula is C26H28ClF3N4O3S. The second-order valence-corrected chi connectivity index (χ2v) is 11.6. The summed E-state index contributed by atoms with van der Waals surface area (Å²) in [6.07, 6.45) is -3.04. The van der Waals surface area contributed by atoms with Crippen LogP contribution in [0.5, 0.6) is 5.75 Å². The van der Waals surface area contributed by atoms with Gasteiger partial charge < -0.3 is 9.64 Å². The summed E-state index contributed by atoms with van der Waals surface area (Å²) in [7, 11) is -4.26. The van der Waals surface area contributed by atoms with E-state index in [1.54, 1.807) is 26.0 Å². The van der Waals surface area contributed by atoms with Crippen molar-refractivity contribution in [2.45, 2.75) is 50.9 Å². The quantitative estimate of drug-likeness (QED) is 0.344. The molecule has 3 heterocycles. The molecule has 0 bridgehead atoms. The monoisotopic (exact) mass is 568 g/mol. The molecule has 0 saturated carbocycles. The number of hydrogen-bond acceptors (Lipinski definition) is 6. The van der Waals surface area contributed by atoms with E-state index >= 15 is 0 Å². The molecule has 204 valence electrons. The van der Waals surface area contributed by atoms with Crippen molar-refractivity contribution >= 4 is 33.3 Å². The number of alkyl halides is 3. The van der Waals surface area contributed by atoms with E-state index in [1.165, 1.54) is 24.3 Å². The van der Waals surface area contributed by atoms with Gasteiger partial charge >= 0.3 is 6.18 Å². The number of pyridine rings is 2. The van der Waals surface area contributed by atoms with E-state index < -0.39 is 27.5 Å². The molecule has 1 fully saturated rings. The van der Waals surface area contributed by atoms with Crippen LogP contribution in [0, 0.1) is 5.92 Å². The Kier molecular flexibility index (Phi) is 8.08. The van der Waals surface area contributed by atoms with E-state index in [0.717, 1.165) is 38.1 Å². The molecule has 7 nitrogen and oxygen atoms in total. The molecule has 2 aromatic heterocycles. The van der Waals surface area contributed by atoms with Gasteiger partial charge in [0, 0.05) is 23.7 Å². The van der Waals surface area contributed by atoms with E-state index in [-0.39, 0.29) is 33.3 Å². The number of nitrogens with zero attached hydrogens (tertiary/aromatic N) is 3.